The van der Waals surface area contributed by atoms with Gasteiger partial charge in [-0.1, -0.05) is 6.07 Å². The maximum Gasteiger partial charge on any atom is 0.337 e. The molecule has 24 heavy (non-hydrogen) atoms. The smallest absolute Gasteiger partial charge is 0.337 e. The fraction of sp³-hybridized carbons (Fsp3) is 0.125. The van der Waals surface area contributed by atoms with Crippen LogP contribution in [0.25, 0.3) is 0 Å². The SMILES string of the molecule is COC(=O)c1ccc(NS(=O)(=O)c2cc(C(=O)O)ccc2C)cc1. The zero-order valence-electron chi connectivity index (χ0n) is 12.9. The number of aryl methyl sites for hydroxylation is 1. The second-order valence-corrected chi connectivity index (χ2v) is 6.61. The van der Waals surface area contributed by atoms with Crippen LogP contribution in [0, 0.1) is 6.92 Å². The number of carboxylic acids is 1. The molecule has 7 nitrogen and oxygen atoms in total. The van der Waals surface area contributed by atoms with Crippen LogP contribution in [0.4, 0.5) is 5.69 Å². The highest BCUT2D eigenvalue weighted by Crippen LogP contribution is 2.21. The van der Waals surface area contributed by atoms with Crippen LogP contribution in [0.5, 0.6) is 0 Å². The molecule has 0 saturated heterocycles. The van der Waals surface area contributed by atoms with Crippen LogP contribution in [0.1, 0.15) is 26.3 Å². The molecular weight excluding hydrogens is 334 g/mol. The molecule has 0 amide bonds. The summed E-state index contributed by atoms with van der Waals surface area (Å²) in [6.45, 7) is 1.57. The Kier molecular flexibility index (Phi) is 4.89. The average Bonchev–Trinajstić information content (AvgIpc) is 2.54. The van der Waals surface area contributed by atoms with Crippen molar-refractivity contribution in [1.82, 2.24) is 0 Å². The zero-order valence-corrected chi connectivity index (χ0v) is 13.8. The van der Waals surface area contributed by atoms with E-state index in [-0.39, 0.29) is 21.7 Å². The van der Waals surface area contributed by atoms with Crippen molar-refractivity contribution < 1.29 is 27.9 Å². The van der Waals surface area contributed by atoms with Gasteiger partial charge in [0.05, 0.1) is 23.1 Å². The minimum atomic E-state index is -3.97. The third-order valence-electron chi connectivity index (χ3n) is 3.28. The van der Waals surface area contributed by atoms with E-state index < -0.39 is 22.0 Å². The van der Waals surface area contributed by atoms with Crippen molar-refractivity contribution in [1.29, 1.82) is 0 Å². The number of anilines is 1. The molecule has 0 unspecified atom stereocenters. The molecule has 0 aromatic heterocycles. The summed E-state index contributed by atoms with van der Waals surface area (Å²) >= 11 is 0. The van der Waals surface area contributed by atoms with E-state index in [0.717, 1.165) is 6.07 Å². The van der Waals surface area contributed by atoms with E-state index in [4.69, 9.17) is 5.11 Å². The first kappa shape index (κ1) is 17.5. The minimum absolute atomic E-state index is 0.123. The van der Waals surface area contributed by atoms with E-state index in [0.29, 0.717) is 5.56 Å². The van der Waals surface area contributed by atoms with Crippen molar-refractivity contribution in [3.05, 3.63) is 59.2 Å². The van der Waals surface area contributed by atoms with Gasteiger partial charge >= 0.3 is 11.9 Å². The van der Waals surface area contributed by atoms with Crippen molar-refractivity contribution in [3.63, 3.8) is 0 Å². The molecular formula is C16H15NO6S. The van der Waals surface area contributed by atoms with Crippen LogP contribution in [0.3, 0.4) is 0 Å². The number of carbonyl (C=O) groups is 2. The first-order chi connectivity index (χ1) is 11.2. The number of benzene rings is 2. The molecule has 0 fully saturated rings. The fourth-order valence-electron chi connectivity index (χ4n) is 2.02. The van der Waals surface area contributed by atoms with E-state index in [2.05, 4.69) is 9.46 Å². The van der Waals surface area contributed by atoms with Gasteiger partial charge in [0.1, 0.15) is 0 Å². The molecule has 2 rings (SSSR count). The van der Waals surface area contributed by atoms with E-state index in [1.807, 2.05) is 0 Å². The highest BCUT2D eigenvalue weighted by atomic mass is 32.2. The lowest BCUT2D eigenvalue weighted by molar-refractivity contribution is 0.0600. The van der Waals surface area contributed by atoms with Gasteiger partial charge in [-0.15, -0.1) is 0 Å². The molecule has 0 aliphatic heterocycles. The quantitative estimate of drug-likeness (QED) is 0.802. The van der Waals surface area contributed by atoms with Gasteiger partial charge in [0, 0.05) is 5.69 Å². The molecule has 0 radical (unpaired) electrons. The summed E-state index contributed by atoms with van der Waals surface area (Å²) in [6, 6.07) is 9.54. The third-order valence-corrected chi connectivity index (χ3v) is 4.81. The molecule has 0 bridgehead atoms. The van der Waals surface area contributed by atoms with Gasteiger partial charge in [-0.3, -0.25) is 4.72 Å². The maximum atomic E-state index is 12.5. The molecule has 0 saturated carbocycles. The molecule has 0 aliphatic rings. The summed E-state index contributed by atoms with van der Waals surface area (Å²) in [5.74, 6) is -1.75. The second-order valence-electron chi connectivity index (χ2n) is 4.96. The van der Waals surface area contributed by atoms with Crippen molar-refractivity contribution >= 4 is 27.6 Å². The number of methoxy groups -OCH3 is 1. The Morgan fingerprint density at radius 1 is 1.04 bits per heavy atom. The van der Waals surface area contributed by atoms with E-state index in [9.17, 15) is 18.0 Å². The van der Waals surface area contributed by atoms with Gasteiger partial charge in [0.15, 0.2) is 0 Å². The number of rotatable bonds is 5. The van der Waals surface area contributed by atoms with Crippen LogP contribution in [-0.2, 0) is 14.8 Å². The van der Waals surface area contributed by atoms with Crippen LogP contribution in [-0.4, -0.2) is 32.6 Å². The Labute approximate surface area is 138 Å². The van der Waals surface area contributed by atoms with Gasteiger partial charge in [-0.25, -0.2) is 18.0 Å². The predicted molar refractivity (Wildman–Crippen MR) is 86.7 cm³/mol. The highest BCUT2D eigenvalue weighted by molar-refractivity contribution is 7.92. The third kappa shape index (κ3) is 3.72. The van der Waals surface area contributed by atoms with Gasteiger partial charge < -0.3 is 9.84 Å². The summed E-state index contributed by atoms with van der Waals surface area (Å²) < 4.78 is 31.9. The predicted octanol–water partition coefficient (Wildman–Crippen LogP) is 2.28. The zero-order chi connectivity index (χ0) is 17.9. The lowest BCUT2D eigenvalue weighted by Gasteiger charge is -2.11. The number of ether oxygens (including phenoxy) is 1. The summed E-state index contributed by atoms with van der Waals surface area (Å²) in [7, 11) is -2.72. The van der Waals surface area contributed by atoms with Crippen molar-refractivity contribution in [2.24, 2.45) is 0 Å². The topological polar surface area (TPSA) is 110 Å². The highest BCUT2D eigenvalue weighted by Gasteiger charge is 2.19. The normalized spacial score (nSPS) is 10.9. The Bertz CT molecular complexity index is 887. The number of sulfonamides is 1. The van der Waals surface area contributed by atoms with Crippen LogP contribution < -0.4 is 4.72 Å². The lowest BCUT2D eigenvalue weighted by atomic mass is 10.1. The van der Waals surface area contributed by atoms with Crippen LogP contribution in [0.15, 0.2) is 47.4 Å². The van der Waals surface area contributed by atoms with Crippen LogP contribution >= 0.6 is 0 Å². The number of carboxylic acid groups (broad SMARTS) is 1. The largest absolute Gasteiger partial charge is 0.478 e. The number of hydrogen-bond donors (Lipinski definition) is 2. The molecule has 0 atom stereocenters. The number of nitrogens with one attached hydrogen (secondary N) is 1. The van der Waals surface area contributed by atoms with E-state index in [1.54, 1.807) is 6.92 Å². The van der Waals surface area contributed by atoms with Gasteiger partial charge in [0.25, 0.3) is 10.0 Å². The monoisotopic (exact) mass is 349 g/mol. The molecule has 8 heteroatoms. The second kappa shape index (κ2) is 6.71. The van der Waals surface area contributed by atoms with Crippen molar-refractivity contribution in [2.75, 3.05) is 11.8 Å². The fourth-order valence-corrected chi connectivity index (χ4v) is 3.36. The molecule has 126 valence electrons. The summed E-state index contributed by atoms with van der Waals surface area (Å²) in [6.07, 6.45) is 0. The summed E-state index contributed by atoms with van der Waals surface area (Å²) in [4.78, 5) is 22.3. The van der Waals surface area contributed by atoms with Crippen LogP contribution in [0.2, 0.25) is 0 Å². The Hall–Kier alpha value is -2.87. The molecule has 0 aliphatic carbocycles. The number of aromatic carboxylic acids is 1. The lowest BCUT2D eigenvalue weighted by Crippen LogP contribution is -2.15. The molecule has 2 N–H and O–H groups in total. The van der Waals surface area contributed by atoms with Gasteiger partial charge in [-0.05, 0) is 48.9 Å². The number of hydrogen-bond acceptors (Lipinski definition) is 5. The summed E-state index contributed by atoms with van der Waals surface area (Å²) in [5.41, 5.74) is 0.813. The molecule has 0 spiro atoms. The number of carbonyl (C=O) groups excluding carboxylic acids is 1. The first-order valence-electron chi connectivity index (χ1n) is 6.80. The van der Waals surface area contributed by atoms with E-state index in [1.165, 1.54) is 43.5 Å². The number of esters is 1. The standard InChI is InChI=1S/C16H15NO6S/c1-10-3-4-12(15(18)19)9-14(10)24(21,22)17-13-7-5-11(6-8-13)16(20)23-2/h3-9,17H,1-2H3,(H,18,19). The molecule has 0 heterocycles. The van der Waals surface area contributed by atoms with Crippen molar-refractivity contribution in [2.45, 2.75) is 11.8 Å². The summed E-state index contributed by atoms with van der Waals surface area (Å²) in [5, 5.41) is 9.00. The molecule has 2 aromatic carbocycles. The first-order valence-corrected chi connectivity index (χ1v) is 8.28. The van der Waals surface area contributed by atoms with Crippen molar-refractivity contribution in [3.8, 4) is 0 Å². The Morgan fingerprint density at radius 2 is 1.62 bits per heavy atom. The van der Waals surface area contributed by atoms with Gasteiger partial charge in [0.2, 0.25) is 0 Å². The molecule has 2 aromatic rings. The van der Waals surface area contributed by atoms with E-state index >= 15 is 0 Å². The minimum Gasteiger partial charge on any atom is -0.478 e. The maximum absolute atomic E-state index is 12.5. The Morgan fingerprint density at radius 3 is 2.17 bits per heavy atom. The van der Waals surface area contributed by atoms with Gasteiger partial charge in [-0.2, -0.15) is 0 Å². The average molecular weight is 349 g/mol. The Balaban J connectivity index is 2.33.